The Bertz CT molecular complexity index is 291. The predicted molar refractivity (Wildman–Crippen MR) is 60.5 cm³/mol. The fraction of sp³-hybridized carbons (Fsp3) is 0.917. The highest BCUT2D eigenvalue weighted by atomic mass is 16.8. The molecule has 0 aromatic carbocycles. The summed E-state index contributed by atoms with van der Waals surface area (Å²) in [7, 11) is 0. The number of esters is 1. The minimum absolute atomic E-state index is 0.118. The van der Waals surface area contributed by atoms with Crippen molar-refractivity contribution in [2.24, 2.45) is 5.41 Å². The van der Waals surface area contributed by atoms with E-state index in [9.17, 15) is 4.79 Å². The Kier molecular flexibility index (Phi) is 4.21. The Morgan fingerprint density at radius 1 is 1.11 bits per heavy atom. The van der Waals surface area contributed by atoms with Gasteiger partial charge in [-0.05, 0) is 0 Å². The van der Waals surface area contributed by atoms with Crippen molar-refractivity contribution >= 4 is 5.97 Å². The maximum atomic E-state index is 11.6. The van der Waals surface area contributed by atoms with Crippen molar-refractivity contribution in [1.82, 2.24) is 0 Å². The molecule has 1 unspecified atom stereocenters. The van der Waals surface area contributed by atoms with E-state index < -0.39 is 11.2 Å². The Morgan fingerprint density at radius 3 is 2.28 bits per heavy atom. The molecule has 2 saturated heterocycles. The molecule has 104 valence electrons. The van der Waals surface area contributed by atoms with Gasteiger partial charge in [0.2, 0.25) is 5.79 Å². The minimum Gasteiger partial charge on any atom is -0.432 e. The zero-order chi connectivity index (χ0) is 13.1. The number of hydrogen-bond acceptors (Lipinski definition) is 6. The summed E-state index contributed by atoms with van der Waals surface area (Å²) in [5.41, 5.74) is -0.580. The SMILES string of the molecule is CCC(=O)OC1(CC)OCOCC12COCOC2. The second-order valence-electron chi connectivity index (χ2n) is 4.64. The molecular weight excluding hydrogens is 240 g/mol. The molecule has 2 rings (SSSR count). The molecule has 2 aliphatic rings. The van der Waals surface area contributed by atoms with Crippen LogP contribution >= 0.6 is 0 Å². The van der Waals surface area contributed by atoms with E-state index in [1.165, 1.54) is 0 Å². The van der Waals surface area contributed by atoms with Gasteiger partial charge in [0.05, 0.1) is 19.8 Å². The van der Waals surface area contributed by atoms with E-state index in [4.69, 9.17) is 23.7 Å². The first-order valence-corrected chi connectivity index (χ1v) is 6.27. The lowest BCUT2D eigenvalue weighted by Gasteiger charge is -2.51. The molecule has 0 aromatic rings. The summed E-state index contributed by atoms with van der Waals surface area (Å²) in [5, 5.41) is 0. The molecule has 6 heteroatoms. The van der Waals surface area contributed by atoms with Crippen molar-refractivity contribution in [3.8, 4) is 0 Å². The fourth-order valence-corrected chi connectivity index (χ4v) is 2.46. The normalized spacial score (nSPS) is 31.2. The summed E-state index contributed by atoms with van der Waals surface area (Å²) in [6.45, 7) is 5.25. The van der Waals surface area contributed by atoms with Crippen LogP contribution in [0.25, 0.3) is 0 Å². The lowest BCUT2D eigenvalue weighted by Crippen LogP contribution is -2.64. The summed E-state index contributed by atoms with van der Waals surface area (Å²) >= 11 is 0. The van der Waals surface area contributed by atoms with Crippen LogP contribution in [0.1, 0.15) is 26.7 Å². The first-order valence-electron chi connectivity index (χ1n) is 6.27. The number of carbonyl (C=O) groups excluding carboxylic acids is 1. The van der Waals surface area contributed by atoms with Crippen LogP contribution in [0.3, 0.4) is 0 Å². The second-order valence-corrected chi connectivity index (χ2v) is 4.64. The summed E-state index contributed by atoms with van der Waals surface area (Å²) in [6.07, 6.45) is 0.846. The van der Waals surface area contributed by atoms with Crippen LogP contribution in [0.15, 0.2) is 0 Å². The van der Waals surface area contributed by atoms with Crippen molar-refractivity contribution in [3.63, 3.8) is 0 Å². The average molecular weight is 260 g/mol. The summed E-state index contributed by atoms with van der Waals surface area (Å²) < 4.78 is 27.3. The quantitative estimate of drug-likeness (QED) is 0.706. The molecule has 18 heavy (non-hydrogen) atoms. The number of rotatable bonds is 3. The van der Waals surface area contributed by atoms with Crippen LogP contribution in [-0.2, 0) is 28.5 Å². The van der Waals surface area contributed by atoms with Gasteiger partial charge < -0.3 is 23.7 Å². The van der Waals surface area contributed by atoms with Crippen LogP contribution in [0.2, 0.25) is 0 Å². The molecule has 0 radical (unpaired) electrons. The van der Waals surface area contributed by atoms with E-state index >= 15 is 0 Å². The number of carbonyl (C=O) groups is 1. The smallest absolute Gasteiger partial charge is 0.308 e. The van der Waals surface area contributed by atoms with Gasteiger partial charge in [-0.15, -0.1) is 0 Å². The van der Waals surface area contributed by atoms with Gasteiger partial charge in [0, 0.05) is 12.8 Å². The van der Waals surface area contributed by atoms with E-state index in [2.05, 4.69) is 0 Å². The first-order chi connectivity index (χ1) is 8.68. The Hall–Kier alpha value is -0.690. The predicted octanol–water partition coefficient (Wildman–Crippen LogP) is 1.04. The van der Waals surface area contributed by atoms with Crippen molar-refractivity contribution < 1.29 is 28.5 Å². The lowest BCUT2D eigenvalue weighted by atomic mass is 9.78. The molecule has 2 heterocycles. The van der Waals surface area contributed by atoms with Crippen LogP contribution < -0.4 is 0 Å². The second kappa shape index (κ2) is 5.52. The van der Waals surface area contributed by atoms with Gasteiger partial charge in [-0.25, -0.2) is 0 Å². The van der Waals surface area contributed by atoms with E-state index in [1.807, 2.05) is 6.92 Å². The Labute approximate surface area is 106 Å². The molecule has 0 aromatic heterocycles. The third kappa shape index (κ3) is 2.25. The highest BCUT2D eigenvalue weighted by Crippen LogP contribution is 2.44. The third-order valence-electron chi connectivity index (χ3n) is 3.52. The fourth-order valence-electron chi connectivity index (χ4n) is 2.46. The zero-order valence-corrected chi connectivity index (χ0v) is 10.9. The van der Waals surface area contributed by atoms with Gasteiger partial charge in [-0.2, -0.15) is 0 Å². The van der Waals surface area contributed by atoms with Crippen LogP contribution in [0.4, 0.5) is 0 Å². The Balaban J connectivity index is 2.24. The average Bonchev–Trinajstić information content (AvgIpc) is 2.42. The highest BCUT2D eigenvalue weighted by Gasteiger charge is 2.58. The molecule has 0 saturated carbocycles. The maximum absolute atomic E-state index is 11.6. The van der Waals surface area contributed by atoms with E-state index in [1.54, 1.807) is 6.92 Å². The molecule has 2 fully saturated rings. The molecule has 0 bridgehead atoms. The van der Waals surface area contributed by atoms with Gasteiger partial charge in [0.1, 0.15) is 12.2 Å². The van der Waals surface area contributed by atoms with Gasteiger partial charge in [0.25, 0.3) is 0 Å². The molecular formula is C12H20O6. The molecule has 2 aliphatic heterocycles. The van der Waals surface area contributed by atoms with E-state index in [0.717, 1.165) is 0 Å². The van der Waals surface area contributed by atoms with Gasteiger partial charge in [-0.1, -0.05) is 13.8 Å². The van der Waals surface area contributed by atoms with Crippen molar-refractivity contribution in [2.75, 3.05) is 33.4 Å². The van der Waals surface area contributed by atoms with Gasteiger partial charge in [-0.3, -0.25) is 4.79 Å². The van der Waals surface area contributed by atoms with E-state index in [0.29, 0.717) is 32.7 Å². The monoisotopic (exact) mass is 260 g/mol. The summed E-state index contributed by atoms with van der Waals surface area (Å²) in [6, 6.07) is 0. The molecule has 0 aliphatic carbocycles. The lowest BCUT2D eigenvalue weighted by molar-refractivity contribution is -0.387. The largest absolute Gasteiger partial charge is 0.432 e. The number of hydrogen-bond donors (Lipinski definition) is 0. The van der Waals surface area contributed by atoms with Crippen LogP contribution in [-0.4, -0.2) is 45.2 Å². The van der Waals surface area contributed by atoms with Crippen molar-refractivity contribution in [1.29, 1.82) is 0 Å². The molecule has 0 N–H and O–H groups in total. The number of ether oxygens (including phenoxy) is 5. The standard InChI is InChI=1S/C12H20O6/c1-3-10(13)18-12(4-2)11(7-16-9-17-12)5-14-8-15-6-11/h3-9H2,1-2H3. The van der Waals surface area contributed by atoms with Crippen LogP contribution in [0.5, 0.6) is 0 Å². The molecule has 1 atom stereocenters. The first kappa shape index (κ1) is 13.7. The van der Waals surface area contributed by atoms with Crippen molar-refractivity contribution in [2.45, 2.75) is 32.5 Å². The summed E-state index contributed by atoms with van der Waals surface area (Å²) in [4.78, 5) is 11.6. The van der Waals surface area contributed by atoms with Gasteiger partial charge in [0.15, 0.2) is 6.79 Å². The zero-order valence-electron chi connectivity index (χ0n) is 10.9. The minimum atomic E-state index is -1.02. The summed E-state index contributed by atoms with van der Waals surface area (Å²) in [5.74, 6) is -1.30. The third-order valence-corrected chi connectivity index (χ3v) is 3.52. The van der Waals surface area contributed by atoms with E-state index in [-0.39, 0.29) is 19.6 Å². The van der Waals surface area contributed by atoms with Gasteiger partial charge >= 0.3 is 5.97 Å². The topological polar surface area (TPSA) is 63.2 Å². The highest BCUT2D eigenvalue weighted by molar-refractivity contribution is 5.69. The van der Waals surface area contributed by atoms with Crippen LogP contribution in [0, 0.1) is 5.41 Å². The molecule has 0 amide bonds. The Morgan fingerprint density at radius 2 is 1.72 bits per heavy atom. The maximum Gasteiger partial charge on any atom is 0.308 e. The molecule has 1 spiro atoms. The molecule has 6 nitrogen and oxygen atoms in total. The van der Waals surface area contributed by atoms with Crippen molar-refractivity contribution in [3.05, 3.63) is 0 Å².